The van der Waals surface area contributed by atoms with Gasteiger partial charge in [-0.3, -0.25) is 4.79 Å². The lowest BCUT2D eigenvalue weighted by Gasteiger charge is -2.12. The number of methoxy groups -OCH3 is 2. The Bertz CT molecular complexity index is 1540. The van der Waals surface area contributed by atoms with Gasteiger partial charge < -0.3 is 34.4 Å². The van der Waals surface area contributed by atoms with Crippen LogP contribution in [0.5, 0.6) is 17.2 Å². The van der Waals surface area contributed by atoms with Gasteiger partial charge in [-0.1, -0.05) is 18.2 Å². The van der Waals surface area contributed by atoms with E-state index >= 15 is 0 Å². The highest BCUT2D eigenvalue weighted by Gasteiger charge is 2.27. The second-order valence-electron chi connectivity index (χ2n) is 8.73. The van der Waals surface area contributed by atoms with Crippen molar-refractivity contribution in [3.63, 3.8) is 0 Å². The minimum Gasteiger partial charge on any atom is -0.497 e. The molecule has 0 radical (unpaired) electrons. The SMILES string of the molecule is COc1ccc(COc2cc(-c3nc(C(=O)NCc4ccc(F)cc4F)c([C@H](C)OC(N)=O)o3)ccc2OC)cc1. The fourth-order valence-electron chi connectivity index (χ4n) is 3.85. The van der Waals surface area contributed by atoms with E-state index in [9.17, 15) is 18.4 Å². The number of ether oxygens (including phenoxy) is 4. The van der Waals surface area contributed by atoms with Crippen LogP contribution in [0.2, 0.25) is 0 Å². The number of carbonyl (C=O) groups is 2. The first-order chi connectivity index (χ1) is 19.7. The minimum absolute atomic E-state index is 0.00924. The lowest BCUT2D eigenvalue weighted by molar-refractivity contribution is 0.0904. The van der Waals surface area contributed by atoms with Crippen molar-refractivity contribution in [2.75, 3.05) is 14.2 Å². The number of nitrogens with zero attached hydrogens (tertiary/aromatic N) is 1. The Morgan fingerprint density at radius 2 is 1.76 bits per heavy atom. The van der Waals surface area contributed by atoms with Gasteiger partial charge in [0.05, 0.1) is 14.2 Å². The molecule has 1 heterocycles. The molecule has 214 valence electrons. The second kappa shape index (κ2) is 12.8. The highest BCUT2D eigenvalue weighted by atomic mass is 19.1. The zero-order chi connectivity index (χ0) is 29.5. The van der Waals surface area contributed by atoms with Crippen LogP contribution >= 0.6 is 0 Å². The number of hydrogen-bond donors (Lipinski definition) is 2. The predicted molar refractivity (Wildman–Crippen MR) is 142 cm³/mol. The molecule has 1 aromatic heterocycles. The van der Waals surface area contributed by atoms with E-state index in [1.54, 1.807) is 25.3 Å². The summed E-state index contributed by atoms with van der Waals surface area (Å²) in [6.07, 6.45) is -2.17. The van der Waals surface area contributed by atoms with Crippen molar-refractivity contribution < 1.29 is 41.7 Å². The second-order valence-corrected chi connectivity index (χ2v) is 8.73. The summed E-state index contributed by atoms with van der Waals surface area (Å²) in [6, 6.07) is 15.2. The number of primary amides is 1. The van der Waals surface area contributed by atoms with Crippen molar-refractivity contribution in [2.45, 2.75) is 26.2 Å². The van der Waals surface area contributed by atoms with E-state index in [-0.39, 0.29) is 36.1 Å². The molecule has 0 aliphatic rings. The summed E-state index contributed by atoms with van der Waals surface area (Å²) < 4.78 is 54.7. The molecule has 12 heteroatoms. The van der Waals surface area contributed by atoms with E-state index in [0.29, 0.717) is 28.9 Å². The summed E-state index contributed by atoms with van der Waals surface area (Å²) >= 11 is 0. The molecule has 1 atom stereocenters. The van der Waals surface area contributed by atoms with Gasteiger partial charge in [-0.25, -0.2) is 18.6 Å². The van der Waals surface area contributed by atoms with Crippen LogP contribution in [0.25, 0.3) is 11.5 Å². The minimum atomic E-state index is -1.09. The Balaban J connectivity index is 1.61. The van der Waals surface area contributed by atoms with Crippen LogP contribution in [0.15, 0.2) is 65.1 Å². The van der Waals surface area contributed by atoms with Gasteiger partial charge in [0.25, 0.3) is 5.91 Å². The van der Waals surface area contributed by atoms with Crippen molar-refractivity contribution in [1.82, 2.24) is 10.3 Å². The molecular weight excluding hydrogens is 540 g/mol. The first-order valence-electron chi connectivity index (χ1n) is 12.3. The van der Waals surface area contributed by atoms with Crippen molar-refractivity contribution in [2.24, 2.45) is 5.73 Å². The number of nitrogens with two attached hydrogens (primary N) is 1. The molecule has 0 aliphatic heterocycles. The van der Waals surface area contributed by atoms with E-state index in [2.05, 4.69) is 10.3 Å². The Kier molecular flexibility index (Phi) is 9.02. The van der Waals surface area contributed by atoms with Gasteiger partial charge in [-0.05, 0) is 48.9 Å². The molecule has 0 bridgehead atoms. The van der Waals surface area contributed by atoms with Gasteiger partial charge in [0, 0.05) is 23.7 Å². The number of rotatable bonds is 11. The number of amides is 2. The summed E-state index contributed by atoms with van der Waals surface area (Å²) in [5, 5.41) is 2.52. The van der Waals surface area contributed by atoms with Gasteiger partial charge in [-0.15, -0.1) is 0 Å². The first kappa shape index (κ1) is 28.9. The number of hydrogen-bond acceptors (Lipinski definition) is 8. The number of halogens is 2. The number of benzene rings is 3. The van der Waals surface area contributed by atoms with Crippen LogP contribution < -0.4 is 25.3 Å². The molecular formula is C29H27F2N3O7. The molecule has 0 saturated heterocycles. The monoisotopic (exact) mass is 567 g/mol. The van der Waals surface area contributed by atoms with Crippen LogP contribution in [-0.2, 0) is 17.9 Å². The molecule has 0 unspecified atom stereocenters. The van der Waals surface area contributed by atoms with Gasteiger partial charge >= 0.3 is 6.09 Å². The lowest BCUT2D eigenvalue weighted by atomic mass is 10.2. The summed E-state index contributed by atoms with van der Waals surface area (Å²) in [5.74, 6) is -0.864. The highest BCUT2D eigenvalue weighted by molar-refractivity contribution is 5.94. The Labute approximate surface area is 234 Å². The third kappa shape index (κ3) is 7.10. The third-order valence-electron chi connectivity index (χ3n) is 5.95. The fourth-order valence-corrected chi connectivity index (χ4v) is 3.85. The summed E-state index contributed by atoms with van der Waals surface area (Å²) in [5.41, 5.74) is 6.30. The van der Waals surface area contributed by atoms with Crippen LogP contribution in [0.4, 0.5) is 13.6 Å². The number of oxazole rings is 1. The van der Waals surface area contributed by atoms with Crippen LogP contribution in [0.1, 0.15) is 40.4 Å². The smallest absolute Gasteiger partial charge is 0.405 e. The maximum atomic E-state index is 14.1. The van der Waals surface area contributed by atoms with Gasteiger partial charge in [0.2, 0.25) is 5.89 Å². The topological polar surface area (TPSA) is 135 Å². The third-order valence-corrected chi connectivity index (χ3v) is 5.95. The Morgan fingerprint density at radius 1 is 1.00 bits per heavy atom. The van der Waals surface area contributed by atoms with Gasteiger partial charge in [0.15, 0.2) is 29.1 Å². The molecule has 0 aliphatic carbocycles. The standard InChI is InChI=1S/C29H27F2N3O7/c1-16(40-29(32)36)26-25(27(35)33-14-19-6-8-20(30)13-22(19)31)34-28(41-26)18-7-11-23(38-3)24(12-18)39-15-17-4-9-21(37-2)10-5-17/h4-13,16H,14-15H2,1-3H3,(H2,32,36)(H,33,35)/t16-/m0/s1. The molecule has 0 fully saturated rings. The van der Waals surface area contributed by atoms with E-state index in [1.165, 1.54) is 20.1 Å². The predicted octanol–water partition coefficient (Wildman–Crippen LogP) is 5.30. The lowest BCUT2D eigenvalue weighted by Crippen LogP contribution is -2.26. The van der Waals surface area contributed by atoms with Crippen LogP contribution in [-0.4, -0.2) is 31.2 Å². The zero-order valence-electron chi connectivity index (χ0n) is 22.4. The fraction of sp³-hybridized carbons (Fsp3) is 0.207. The molecule has 0 saturated carbocycles. The van der Waals surface area contributed by atoms with Gasteiger partial charge in [0.1, 0.15) is 24.0 Å². The molecule has 3 aromatic carbocycles. The average molecular weight is 568 g/mol. The molecule has 10 nitrogen and oxygen atoms in total. The van der Waals surface area contributed by atoms with E-state index in [0.717, 1.165) is 11.6 Å². The van der Waals surface area contributed by atoms with Crippen molar-refractivity contribution in [3.8, 4) is 28.7 Å². The molecule has 0 spiro atoms. The Hall–Kier alpha value is -5.13. The maximum absolute atomic E-state index is 14.1. The molecule has 4 rings (SSSR count). The zero-order valence-corrected chi connectivity index (χ0v) is 22.4. The summed E-state index contributed by atoms with van der Waals surface area (Å²) in [6.45, 7) is 1.41. The number of aromatic nitrogens is 1. The van der Waals surface area contributed by atoms with E-state index in [1.807, 2.05) is 24.3 Å². The van der Waals surface area contributed by atoms with Crippen molar-refractivity contribution in [1.29, 1.82) is 0 Å². The molecule has 2 amide bonds. The van der Waals surface area contributed by atoms with Crippen molar-refractivity contribution >= 4 is 12.0 Å². The van der Waals surface area contributed by atoms with Crippen molar-refractivity contribution in [3.05, 3.63) is 94.9 Å². The number of nitrogens with one attached hydrogen (secondary N) is 1. The average Bonchev–Trinajstić information content (AvgIpc) is 3.41. The molecule has 41 heavy (non-hydrogen) atoms. The summed E-state index contributed by atoms with van der Waals surface area (Å²) in [7, 11) is 3.07. The highest BCUT2D eigenvalue weighted by Crippen LogP contribution is 2.35. The molecule has 4 aromatic rings. The normalized spacial score (nSPS) is 11.4. The molecule has 3 N–H and O–H groups in total. The number of carbonyl (C=O) groups excluding carboxylic acids is 2. The van der Waals surface area contributed by atoms with Crippen LogP contribution in [0, 0.1) is 11.6 Å². The van der Waals surface area contributed by atoms with Crippen LogP contribution in [0.3, 0.4) is 0 Å². The van der Waals surface area contributed by atoms with E-state index in [4.69, 9.17) is 29.1 Å². The summed E-state index contributed by atoms with van der Waals surface area (Å²) in [4.78, 5) is 28.8. The van der Waals surface area contributed by atoms with E-state index < -0.39 is 29.7 Å². The first-order valence-corrected chi connectivity index (χ1v) is 12.3. The maximum Gasteiger partial charge on any atom is 0.405 e. The largest absolute Gasteiger partial charge is 0.497 e. The quantitative estimate of drug-likeness (QED) is 0.249. The Morgan fingerprint density at radius 3 is 2.41 bits per heavy atom. The van der Waals surface area contributed by atoms with Gasteiger partial charge in [-0.2, -0.15) is 0 Å².